The quantitative estimate of drug-likeness (QED) is 0.614. The van der Waals surface area contributed by atoms with E-state index in [1.807, 2.05) is 0 Å². The molecular weight excluding hydrogens is 188 g/mol. The predicted molar refractivity (Wildman–Crippen MR) is 59.7 cm³/mol. The largest absolute Gasteiger partial charge is 0.363 e. The van der Waals surface area contributed by atoms with Gasteiger partial charge in [-0.3, -0.25) is 4.79 Å². The molecule has 0 bridgehead atoms. The average molecular weight is 210 g/mol. The third-order valence-electron chi connectivity index (χ3n) is 4.55. The van der Waals surface area contributed by atoms with Gasteiger partial charge in [-0.05, 0) is 32.1 Å². The SMILES string of the molecule is C[C@@H]1C[C@]2(O[C@H]1C)C(=O)CCCC2(C)C. The lowest BCUT2D eigenvalue weighted by Gasteiger charge is -2.46. The molecule has 2 heteroatoms. The molecule has 0 aromatic heterocycles. The van der Waals surface area contributed by atoms with Gasteiger partial charge in [0.25, 0.3) is 0 Å². The summed E-state index contributed by atoms with van der Waals surface area (Å²) in [7, 11) is 0. The molecule has 0 amide bonds. The van der Waals surface area contributed by atoms with Crippen LogP contribution in [0.5, 0.6) is 0 Å². The lowest BCUT2D eigenvalue weighted by molar-refractivity contribution is -0.167. The Kier molecular flexibility index (Phi) is 2.45. The maximum absolute atomic E-state index is 12.2. The highest BCUT2D eigenvalue weighted by Crippen LogP contribution is 2.52. The van der Waals surface area contributed by atoms with Crippen molar-refractivity contribution in [2.24, 2.45) is 11.3 Å². The van der Waals surface area contributed by atoms with E-state index in [2.05, 4.69) is 27.7 Å². The molecule has 15 heavy (non-hydrogen) atoms. The van der Waals surface area contributed by atoms with E-state index in [-0.39, 0.29) is 11.5 Å². The molecule has 2 fully saturated rings. The van der Waals surface area contributed by atoms with Crippen LogP contribution < -0.4 is 0 Å². The van der Waals surface area contributed by atoms with Crippen LogP contribution in [0.2, 0.25) is 0 Å². The summed E-state index contributed by atoms with van der Waals surface area (Å²) < 4.78 is 6.08. The van der Waals surface area contributed by atoms with Crippen molar-refractivity contribution >= 4 is 5.78 Å². The molecule has 1 aliphatic carbocycles. The van der Waals surface area contributed by atoms with Crippen LogP contribution >= 0.6 is 0 Å². The van der Waals surface area contributed by atoms with Crippen molar-refractivity contribution in [2.75, 3.05) is 0 Å². The topological polar surface area (TPSA) is 26.3 Å². The summed E-state index contributed by atoms with van der Waals surface area (Å²) in [4.78, 5) is 12.2. The molecule has 0 radical (unpaired) electrons. The number of ketones is 1. The predicted octanol–water partition coefficient (Wildman–Crippen LogP) is 2.95. The number of ether oxygens (including phenoxy) is 1. The molecule has 1 saturated carbocycles. The van der Waals surface area contributed by atoms with Crippen LogP contribution in [0.4, 0.5) is 0 Å². The molecule has 1 aliphatic heterocycles. The van der Waals surface area contributed by atoms with E-state index in [9.17, 15) is 4.79 Å². The van der Waals surface area contributed by atoms with Crippen molar-refractivity contribution in [1.82, 2.24) is 0 Å². The van der Waals surface area contributed by atoms with Gasteiger partial charge in [0.05, 0.1) is 6.10 Å². The first-order valence-corrected chi connectivity index (χ1v) is 6.10. The zero-order valence-corrected chi connectivity index (χ0v) is 10.3. The molecule has 2 rings (SSSR count). The van der Waals surface area contributed by atoms with Gasteiger partial charge in [0, 0.05) is 11.8 Å². The van der Waals surface area contributed by atoms with E-state index in [1.54, 1.807) is 0 Å². The monoisotopic (exact) mass is 210 g/mol. The average Bonchev–Trinajstić information content (AvgIpc) is 2.42. The Labute approximate surface area is 92.4 Å². The molecule has 0 aromatic carbocycles. The van der Waals surface area contributed by atoms with Crippen LogP contribution in [0.1, 0.15) is 53.4 Å². The lowest BCUT2D eigenvalue weighted by atomic mass is 9.63. The maximum Gasteiger partial charge on any atom is 0.165 e. The van der Waals surface area contributed by atoms with E-state index in [4.69, 9.17) is 4.74 Å². The van der Waals surface area contributed by atoms with Gasteiger partial charge < -0.3 is 4.74 Å². The van der Waals surface area contributed by atoms with Crippen molar-refractivity contribution in [3.05, 3.63) is 0 Å². The molecule has 86 valence electrons. The number of Topliss-reactive ketones (excluding diaryl/α,β-unsaturated/α-hetero) is 1. The summed E-state index contributed by atoms with van der Waals surface area (Å²) in [5.41, 5.74) is -0.453. The summed E-state index contributed by atoms with van der Waals surface area (Å²) >= 11 is 0. The van der Waals surface area contributed by atoms with Crippen LogP contribution in [0.25, 0.3) is 0 Å². The van der Waals surface area contributed by atoms with Gasteiger partial charge >= 0.3 is 0 Å². The van der Waals surface area contributed by atoms with Crippen molar-refractivity contribution < 1.29 is 9.53 Å². The van der Waals surface area contributed by atoms with Gasteiger partial charge in [-0.15, -0.1) is 0 Å². The second kappa shape index (κ2) is 3.31. The zero-order valence-electron chi connectivity index (χ0n) is 10.3. The highest BCUT2D eigenvalue weighted by Gasteiger charge is 2.58. The normalized spacial score (nSPS) is 44.9. The number of rotatable bonds is 0. The fourth-order valence-corrected chi connectivity index (χ4v) is 3.19. The Hall–Kier alpha value is -0.370. The van der Waals surface area contributed by atoms with Crippen LogP contribution in [0.3, 0.4) is 0 Å². The summed E-state index contributed by atoms with van der Waals surface area (Å²) in [6.45, 7) is 8.67. The molecule has 3 atom stereocenters. The molecular formula is C13H22O2. The second-order valence-corrected chi connectivity index (χ2v) is 5.99. The Balaban J connectivity index is 2.35. The van der Waals surface area contributed by atoms with E-state index in [1.165, 1.54) is 0 Å². The molecule has 1 heterocycles. The van der Waals surface area contributed by atoms with Crippen LogP contribution in [0.15, 0.2) is 0 Å². The fraction of sp³-hybridized carbons (Fsp3) is 0.923. The molecule has 1 spiro atoms. The first-order chi connectivity index (χ1) is 6.89. The van der Waals surface area contributed by atoms with Gasteiger partial charge in [-0.25, -0.2) is 0 Å². The third kappa shape index (κ3) is 1.45. The van der Waals surface area contributed by atoms with Crippen LogP contribution in [-0.4, -0.2) is 17.5 Å². The van der Waals surface area contributed by atoms with Gasteiger partial charge in [0.1, 0.15) is 5.60 Å². The first kappa shape index (κ1) is 11.1. The first-order valence-electron chi connectivity index (χ1n) is 6.10. The zero-order chi connectivity index (χ0) is 11.3. The number of hydrogen-bond acceptors (Lipinski definition) is 2. The van der Waals surface area contributed by atoms with E-state index >= 15 is 0 Å². The minimum Gasteiger partial charge on any atom is -0.363 e. The highest BCUT2D eigenvalue weighted by molar-refractivity contribution is 5.89. The number of carbonyl (C=O) groups is 1. The van der Waals surface area contributed by atoms with Gasteiger partial charge in [-0.2, -0.15) is 0 Å². The molecule has 1 saturated heterocycles. The lowest BCUT2D eigenvalue weighted by Crippen LogP contribution is -2.54. The van der Waals surface area contributed by atoms with Crippen LogP contribution in [-0.2, 0) is 9.53 Å². The molecule has 0 unspecified atom stereocenters. The summed E-state index contributed by atoms with van der Waals surface area (Å²) in [6.07, 6.45) is 3.99. The Morgan fingerprint density at radius 2 is 2.00 bits per heavy atom. The molecule has 2 nitrogen and oxygen atoms in total. The van der Waals surface area contributed by atoms with E-state index < -0.39 is 5.60 Å². The Bertz CT molecular complexity index is 270. The summed E-state index contributed by atoms with van der Waals surface area (Å²) in [5, 5.41) is 0. The van der Waals surface area contributed by atoms with E-state index in [0.717, 1.165) is 19.3 Å². The molecule has 0 aromatic rings. The van der Waals surface area contributed by atoms with Crippen molar-refractivity contribution in [1.29, 1.82) is 0 Å². The molecule has 0 N–H and O–H groups in total. The Morgan fingerprint density at radius 3 is 2.47 bits per heavy atom. The van der Waals surface area contributed by atoms with Crippen molar-refractivity contribution in [3.63, 3.8) is 0 Å². The van der Waals surface area contributed by atoms with Gasteiger partial charge in [0.2, 0.25) is 0 Å². The maximum atomic E-state index is 12.2. The Morgan fingerprint density at radius 1 is 1.33 bits per heavy atom. The minimum absolute atomic E-state index is 0.0152. The van der Waals surface area contributed by atoms with Gasteiger partial charge in [0.15, 0.2) is 5.78 Å². The standard InChI is InChI=1S/C13H22O2/c1-9-8-13(15-10(9)2)11(14)6-5-7-12(13,3)4/h9-10H,5-8H2,1-4H3/t9-,10+,13+/m1/s1. The smallest absolute Gasteiger partial charge is 0.165 e. The number of carbonyl (C=O) groups excluding carboxylic acids is 1. The van der Waals surface area contributed by atoms with E-state index in [0.29, 0.717) is 18.1 Å². The summed E-state index contributed by atoms with van der Waals surface area (Å²) in [6, 6.07) is 0. The molecule has 2 aliphatic rings. The van der Waals surface area contributed by atoms with Crippen molar-refractivity contribution in [2.45, 2.75) is 65.1 Å². The van der Waals surface area contributed by atoms with Crippen molar-refractivity contribution in [3.8, 4) is 0 Å². The summed E-state index contributed by atoms with van der Waals surface area (Å²) in [5.74, 6) is 0.848. The van der Waals surface area contributed by atoms with Gasteiger partial charge in [-0.1, -0.05) is 20.8 Å². The second-order valence-electron chi connectivity index (χ2n) is 5.99. The number of hydrogen-bond donors (Lipinski definition) is 0. The highest BCUT2D eigenvalue weighted by atomic mass is 16.5. The minimum atomic E-state index is -0.468. The fourth-order valence-electron chi connectivity index (χ4n) is 3.19. The van der Waals surface area contributed by atoms with Crippen LogP contribution in [0, 0.1) is 11.3 Å². The third-order valence-corrected chi connectivity index (χ3v) is 4.55.